The van der Waals surface area contributed by atoms with Gasteiger partial charge in [-0.05, 0) is 33.2 Å². The fourth-order valence-corrected chi connectivity index (χ4v) is 3.51. The number of aryl methyl sites for hydroxylation is 2. The van der Waals surface area contributed by atoms with Crippen molar-refractivity contribution >= 4 is 5.91 Å². The Morgan fingerprint density at radius 2 is 2.00 bits per heavy atom. The Bertz CT molecular complexity index is 539. The Morgan fingerprint density at radius 1 is 1.27 bits per heavy atom. The summed E-state index contributed by atoms with van der Waals surface area (Å²) < 4.78 is 1.95. The van der Waals surface area contributed by atoms with E-state index in [9.17, 15) is 4.79 Å². The third-order valence-electron chi connectivity index (χ3n) is 5.08. The summed E-state index contributed by atoms with van der Waals surface area (Å²) in [5.41, 5.74) is 3.69. The molecule has 1 unspecified atom stereocenters. The molecule has 1 atom stereocenters. The minimum Gasteiger partial charge on any atom is -0.339 e. The summed E-state index contributed by atoms with van der Waals surface area (Å²) in [6.45, 7) is 9.71. The SMILES string of the molecule is Cc1nn(C)c(C)c1CN1CCN(C(=O)C2CCCN2)CC1. The molecule has 3 rings (SSSR count). The van der Waals surface area contributed by atoms with Crippen LogP contribution in [0, 0.1) is 13.8 Å². The zero-order chi connectivity index (χ0) is 15.7. The fraction of sp³-hybridized carbons (Fsp3) is 0.750. The highest BCUT2D eigenvalue weighted by Crippen LogP contribution is 2.17. The second kappa shape index (κ2) is 6.38. The van der Waals surface area contributed by atoms with Crippen LogP contribution in [0.2, 0.25) is 0 Å². The van der Waals surface area contributed by atoms with E-state index in [0.29, 0.717) is 5.91 Å². The van der Waals surface area contributed by atoms with Gasteiger partial charge in [0.2, 0.25) is 5.91 Å². The second-order valence-electron chi connectivity index (χ2n) is 6.52. The van der Waals surface area contributed by atoms with Gasteiger partial charge < -0.3 is 10.2 Å². The fourth-order valence-electron chi connectivity index (χ4n) is 3.51. The van der Waals surface area contributed by atoms with Gasteiger partial charge in [0, 0.05) is 51.0 Å². The average Bonchev–Trinajstić information content (AvgIpc) is 3.12. The van der Waals surface area contributed by atoms with Crippen LogP contribution in [0.25, 0.3) is 0 Å². The average molecular weight is 305 g/mol. The number of aromatic nitrogens is 2. The highest BCUT2D eigenvalue weighted by Gasteiger charge is 2.29. The van der Waals surface area contributed by atoms with Crippen molar-refractivity contribution in [2.45, 2.75) is 39.3 Å². The smallest absolute Gasteiger partial charge is 0.239 e. The molecular formula is C16H27N5O. The number of nitrogens with zero attached hydrogens (tertiary/aromatic N) is 4. The van der Waals surface area contributed by atoms with E-state index >= 15 is 0 Å². The minimum atomic E-state index is 0.0642. The van der Waals surface area contributed by atoms with Crippen LogP contribution in [0.4, 0.5) is 0 Å². The molecule has 0 spiro atoms. The highest BCUT2D eigenvalue weighted by atomic mass is 16.2. The lowest BCUT2D eigenvalue weighted by atomic mass is 10.1. The third kappa shape index (κ3) is 3.03. The van der Waals surface area contributed by atoms with Crippen molar-refractivity contribution in [3.8, 4) is 0 Å². The standard InChI is InChI=1S/C16H27N5O/c1-12-14(13(2)19(3)18-12)11-20-7-9-21(10-8-20)16(22)15-5-4-6-17-15/h15,17H,4-11H2,1-3H3. The van der Waals surface area contributed by atoms with Gasteiger partial charge >= 0.3 is 0 Å². The predicted molar refractivity (Wildman–Crippen MR) is 85.6 cm³/mol. The van der Waals surface area contributed by atoms with Gasteiger partial charge in [0.15, 0.2) is 0 Å². The monoisotopic (exact) mass is 305 g/mol. The van der Waals surface area contributed by atoms with Gasteiger partial charge in [0.25, 0.3) is 0 Å². The van der Waals surface area contributed by atoms with Crippen molar-refractivity contribution in [3.05, 3.63) is 17.0 Å². The third-order valence-corrected chi connectivity index (χ3v) is 5.08. The number of nitrogens with one attached hydrogen (secondary N) is 1. The van der Waals surface area contributed by atoms with Crippen molar-refractivity contribution in [1.82, 2.24) is 24.9 Å². The molecule has 0 bridgehead atoms. The van der Waals surface area contributed by atoms with E-state index in [0.717, 1.165) is 57.8 Å². The maximum Gasteiger partial charge on any atom is 0.239 e. The maximum absolute atomic E-state index is 12.4. The Labute approximate surface area is 132 Å². The van der Waals surface area contributed by atoms with Crippen LogP contribution in [0.3, 0.4) is 0 Å². The first kappa shape index (κ1) is 15.5. The Balaban J connectivity index is 1.54. The zero-order valence-corrected chi connectivity index (χ0v) is 13.9. The van der Waals surface area contributed by atoms with Crippen molar-refractivity contribution in [2.24, 2.45) is 7.05 Å². The molecular weight excluding hydrogens is 278 g/mol. The topological polar surface area (TPSA) is 53.4 Å². The molecule has 0 saturated carbocycles. The Morgan fingerprint density at radius 3 is 2.55 bits per heavy atom. The van der Waals surface area contributed by atoms with Gasteiger partial charge in [-0.3, -0.25) is 14.4 Å². The second-order valence-corrected chi connectivity index (χ2v) is 6.52. The summed E-state index contributed by atoms with van der Waals surface area (Å²) in [5, 5.41) is 7.80. The molecule has 6 nitrogen and oxygen atoms in total. The molecule has 0 radical (unpaired) electrons. The summed E-state index contributed by atoms with van der Waals surface area (Å²) in [6, 6.07) is 0.0642. The number of hydrogen-bond donors (Lipinski definition) is 1. The van der Waals surface area contributed by atoms with Crippen LogP contribution in [-0.2, 0) is 18.4 Å². The molecule has 22 heavy (non-hydrogen) atoms. The molecule has 6 heteroatoms. The number of piperazine rings is 1. The van der Waals surface area contributed by atoms with Crippen molar-refractivity contribution < 1.29 is 4.79 Å². The van der Waals surface area contributed by atoms with Gasteiger partial charge in [0.1, 0.15) is 0 Å². The summed E-state index contributed by atoms with van der Waals surface area (Å²) in [4.78, 5) is 16.9. The lowest BCUT2D eigenvalue weighted by Crippen LogP contribution is -2.52. The van der Waals surface area contributed by atoms with E-state index in [1.165, 1.54) is 11.3 Å². The highest BCUT2D eigenvalue weighted by molar-refractivity contribution is 5.82. The van der Waals surface area contributed by atoms with Gasteiger partial charge in [-0.25, -0.2) is 0 Å². The Hall–Kier alpha value is -1.40. The molecule has 122 valence electrons. The Kier molecular flexibility index (Phi) is 4.49. The number of rotatable bonds is 3. The predicted octanol–water partition coefficient (Wildman–Crippen LogP) is 0.433. The summed E-state index contributed by atoms with van der Waals surface area (Å²) in [6.07, 6.45) is 2.11. The first-order valence-electron chi connectivity index (χ1n) is 8.30. The van der Waals surface area contributed by atoms with E-state index in [1.807, 2.05) is 16.6 Å². The number of carbonyl (C=O) groups excluding carboxylic acids is 1. The first-order valence-corrected chi connectivity index (χ1v) is 8.30. The molecule has 0 aromatic carbocycles. The zero-order valence-electron chi connectivity index (χ0n) is 13.9. The number of amides is 1. The molecule has 0 aliphatic carbocycles. The van der Waals surface area contributed by atoms with Gasteiger partial charge in [-0.15, -0.1) is 0 Å². The van der Waals surface area contributed by atoms with Crippen LogP contribution < -0.4 is 5.32 Å². The van der Waals surface area contributed by atoms with Crippen LogP contribution >= 0.6 is 0 Å². The quantitative estimate of drug-likeness (QED) is 0.880. The van der Waals surface area contributed by atoms with Gasteiger partial charge in [-0.2, -0.15) is 5.10 Å². The number of carbonyl (C=O) groups is 1. The van der Waals surface area contributed by atoms with Crippen molar-refractivity contribution in [2.75, 3.05) is 32.7 Å². The largest absolute Gasteiger partial charge is 0.339 e. The van der Waals surface area contributed by atoms with E-state index in [2.05, 4.69) is 29.2 Å². The molecule has 1 aromatic rings. The molecule has 2 aliphatic rings. The van der Waals surface area contributed by atoms with Crippen LogP contribution in [0.5, 0.6) is 0 Å². The minimum absolute atomic E-state index is 0.0642. The summed E-state index contributed by atoms with van der Waals surface area (Å²) in [7, 11) is 2.00. The lowest BCUT2D eigenvalue weighted by Gasteiger charge is -2.36. The molecule has 2 aliphatic heterocycles. The molecule has 2 fully saturated rings. The number of hydrogen-bond acceptors (Lipinski definition) is 4. The van der Waals surface area contributed by atoms with E-state index in [4.69, 9.17) is 0 Å². The summed E-state index contributed by atoms with van der Waals surface area (Å²) in [5.74, 6) is 0.297. The lowest BCUT2D eigenvalue weighted by molar-refractivity contribution is -0.134. The van der Waals surface area contributed by atoms with Gasteiger partial charge in [0.05, 0.1) is 11.7 Å². The molecule has 2 saturated heterocycles. The van der Waals surface area contributed by atoms with E-state index in [-0.39, 0.29) is 6.04 Å². The van der Waals surface area contributed by atoms with E-state index < -0.39 is 0 Å². The van der Waals surface area contributed by atoms with Crippen LogP contribution in [0.15, 0.2) is 0 Å². The van der Waals surface area contributed by atoms with Crippen LogP contribution in [0.1, 0.15) is 29.8 Å². The molecule has 3 heterocycles. The first-order chi connectivity index (χ1) is 10.6. The van der Waals surface area contributed by atoms with Gasteiger partial charge in [-0.1, -0.05) is 0 Å². The normalized spacial score (nSPS) is 23.2. The van der Waals surface area contributed by atoms with Crippen molar-refractivity contribution in [3.63, 3.8) is 0 Å². The van der Waals surface area contributed by atoms with E-state index in [1.54, 1.807) is 0 Å². The molecule has 1 amide bonds. The summed E-state index contributed by atoms with van der Waals surface area (Å²) >= 11 is 0. The molecule has 1 aromatic heterocycles. The van der Waals surface area contributed by atoms with Crippen LogP contribution in [-0.4, -0.2) is 64.3 Å². The molecule has 1 N–H and O–H groups in total. The van der Waals surface area contributed by atoms with Crippen molar-refractivity contribution in [1.29, 1.82) is 0 Å². The maximum atomic E-state index is 12.4.